The number of hydrogen-bond donors (Lipinski definition) is 0. The van der Waals surface area contributed by atoms with Gasteiger partial charge in [0.1, 0.15) is 5.75 Å². The van der Waals surface area contributed by atoms with Crippen molar-refractivity contribution in [2.45, 2.75) is 13.5 Å². The molecule has 5 heteroatoms. The van der Waals surface area contributed by atoms with E-state index in [2.05, 4.69) is 15.9 Å². The summed E-state index contributed by atoms with van der Waals surface area (Å²) < 4.78 is 6.48. The minimum Gasteiger partial charge on any atom is -0.484 e. The number of carbonyl (C=O) groups is 2. The molecule has 0 fully saturated rings. The molecule has 0 atom stereocenters. The number of Topliss-reactive ketones (excluding diaryl/α,β-unsaturated/α-hetero) is 1. The maximum Gasteiger partial charge on any atom is 0.260 e. The third-order valence-corrected chi connectivity index (χ3v) is 3.91. The molecule has 23 heavy (non-hydrogen) atoms. The summed E-state index contributed by atoms with van der Waals surface area (Å²) in [6.45, 7) is 2.00. The third-order valence-electron chi connectivity index (χ3n) is 3.38. The van der Waals surface area contributed by atoms with E-state index in [0.717, 1.165) is 10.0 Å². The SMILES string of the molecule is CC(=O)c1ccc(OCC(=O)N(C)Cc2ccc(Br)cc2)cc1. The standard InChI is InChI=1S/C18H18BrNO3/c1-13(21)15-5-9-17(10-6-15)23-12-18(22)20(2)11-14-3-7-16(19)8-4-14/h3-10H,11-12H2,1-2H3. The van der Waals surface area contributed by atoms with Crippen molar-refractivity contribution in [3.63, 3.8) is 0 Å². The largest absolute Gasteiger partial charge is 0.484 e. The molecule has 0 saturated heterocycles. The van der Waals surface area contributed by atoms with E-state index < -0.39 is 0 Å². The van der Waals surface area contributed by atoms with Crippen LogP contribution in [0.3, 0.4) is 0 Å². The number of likely N-dealkylation sites (N-methyl/N-ethyl adjacent to an activating group) is 1. The summed E-state index contributed by atoms with van der Waals surface area (Å²) in [5.41, 5.74) is 1.67. The van der Waals surface area contributed by atoms with Crippen LogP contribution in [0.1, 0.15) is 22.8 Å². The van der Waals surface area contributed by atoms with Gasteiger partial charge in [0.25, 0.3) is 5.91 Å². The van der Waals surface area contributed by atoms with Gasteiger partial charge >= 0.3 is 0 Å². The number of ketones is 1. The molecule has 0 spiro atoms. The van der Waals surface area contributed by atoms with Crippen LogP contribution in [-0.2, 0) is 11.3 Å². The van der Waals surface area contributed by atoms with Crippen LogP contribution >= 0.6 is 15.9 Å². The van der Waals surface area contributed by atoms with E-state index in [4.69, 9.17) is 4.74 Å². The number of nitrogens with zero attached hydrogens (tertiary/aromatic N) is 1. The summed E-state index contributed by atoms with van der Waals surface area (Å²) in [6.07, 6.45) is 0. The van der Waals surface area contributed by atoms with Crippen molar-refractivity contribution < 1.29 is 14.3 Å². The average Bonchev–Trinajstić information content (AvgIpc) is 2.55. The second kappa shape index (κ2) is 7.92. The van der Waals surface area contributed by atoms with E-state index in [-0.39, 0.29) is 18.3 Å². The Morgan fingerprint density at radius 1 is 1.04 bits per heavy atom. The summed E-state index contributed by atoms with van der Waals surface area (Å²) in [5, 5.41) is 0. The van der Waals surface area contributed by atoms with Crippen LogP contribution in [0.5, 0.6) is 5.75 Å². The highest BCUT2D eigenvalue weighted by Crippen LogP contribution is 2.14. The first kappa shape index (κ1) is 17.2. The monoisotopic (exact) mass is 375 g/mol. The lowest BCUT2D eigenvalue weighted by atomic mass is 10.1. The van der Waals surface area contributed by atoms with Gasteiger partial charge in [0.05, 0.1) is 0 Å². The molecule has 0 unspecified atom stereocenters. The van der Waals surface area contributed by atoms with Gasteiger partial charge in [-0.1, -0.05) is 28.1 Å². The number of ether oxygens (including phenoxy) is 1. The van der Waals surface area contributed by atoms with E-state index in [1.165, 1.54) is 6.92 Å². The molecule has 2 aromatic carbocycles. The van der Waals surface area contributed by atoms with Gasteiger partial charge in [-0.3, -0.25) is 9.59 Å². The fourth-order valence-corrected chi connectivity index (χ4v) is 2.26. The summed E-state index contributed by atoms with van der Waals surface area (Å²) in [7, 11) is 1.74. The molecule has 1 amide bonds. The second-order valence-corrected chi connectivity index (χ2v) is 6.16. The molecule has 4 nitrogen and oxygen atoms in total. The lowest BCUT2D eigenvalue weighted by molar-refractivity contribution is -0.132. The van der Waals surface area contributed by atoms with Gasteiger partial charge in [-0.2, -0.15) is 0 Å². The van der Waals surface area contributed by atoms with Crippen molar-refractivity contribution in [3.05, 3.63) is 64.1 Å². The van der Waals surface area contributed by atoms with E-state index in [1.54, 1.807) is 36.2 Å². The van der Waals surface area contributed by atoms with Gasteiger partial charge in [0.15, 0.2) is 12.4 Å². The fourth-order valence-electron chi connectivity index (χ4n) is 1.99. The normalized spacial score (nSPS) is 10.2. The number of benzene rings is 2. The molecule has 0 aliphatic rings. The Balaban J connectivity index is 1.86. The van der Waals surface area contributed by atoms with Gasteiger partial charge in [-0.05, 0) is 48.9 Å². The Morgan fingerprint density at radius 2 is 1.65 bits per heavy atom. The molecular formula is C18H18BrNO3. The molecule has 0 heterocycles. The fraction of sp³-hybridized carbons (Fsp3) is 0.222. The summed E-state index contributed by atoms with van der Waals surface area (Å²) in [5.74, 6) is 0.464. The first-order valence-electron chi connectivity index (χ1n) is 7.18. The first-order valence-corrected chi connectivity index (χ1v) is 7.97. The quantitative estimate of drug-likeness (QED) is 0.723. The predicted octanol–water partition coefficient (Wildman–Crippen LogP) is 3.69. The molecule has 0 aliphatic carbocycles. The maximum absolute atomic E-state index is 12.1. The van der Waals surface area contributed by atoms with Crippen molar-refractivity contribution in [1.29, 1.82) is 0 Å². The Kier molecular flexibility index (Phi) is 5.93. The Morgan fingerprint density at radius 3 is 2.22 bits per heavy atom. The van der Waals surface area contributed by atoms with E-state index >= 15 is 0 Å². The van der Waals surface area contributed by atoms with Gasteiger partial charge in [-0.25, -0.2) is 0 Å². The van der Waals surface area contributed by atoms with Crippen LogP contribution in [-0.4, -0.2) is 30.2 Å². The molecule has 0 saturated carbocycles. The zero-order valence-electron chi connectivity index (χ0n) is 13.1. The van der Waals surface area contributed by atoms with Gasteiger partial charge in [-0.15, -0.1) is 0 Å². The minimum atomic E-state index is -0.108. The Bertz CT molecular complexity index is 680. The zero-order chi connectivity index (χ0) is 16.8. The van der Waals surface area contributed by atoms with Gasteiger partial charge < -0.3 is 9.64 Å². The predicted molar refractivity (Wildman–Crippen MR) is 92.6 cm³/mol. The summed E-state index contributed by atoms with van der Waals surface area (Å²) >= 11 is 3.38. The lowest BCUT2D eigenvalue weighted by Crippen LogP contribution is -2.30. The van der Waals surface area contributed by atoms with Crippen molar-refractivity contribution in [2.75, 3.05) is 13.7 Å². The molecule has 0 N–H and O–H groups in total. The highest BCUT2D eigenvalue weighted by atomic mass is 79.9. The maximum atomic E-state index is 12.1. The van der Waals surface area contributed by atoms with Crippen LogP contribution in [0.4, 0.5) is 0 Å². The Hall–Kier alpha value is -2.14. The zero-order valence-corrected chi connectivity index (χ0v) is 14.7. The van der Waals surface area contributed by atoms with Crippen LogP contribution < -0.4 is 4.74 Å². The van der Waals surface area contributed by atoms with Crippen molar-refractivity contribution in [3.8, 4) is 5.75 Å². The molecule has 2 rings (SSSR count). The van der Waals surface area contributed by atoms with Gasteiger partial charge in [0, 0.05) is 23.6 Å². The van der Waals surface area contributed by atoms with Gasteiger partial charge in [0.2, 0.25) is 0 Å². The minimum absolute atomic E-state index is 0.00172. The van der Waals surface area contributed by atoms with Crippen LogP contribution in [0, 0.1) is 0 Å². The highest BCUT2D eigenvalue weighted by Gasteiger charge is 2.10. The van der Waals surface area contributed by atoms with E-state index in [9.17, 15) is 9.59 Å². The summed E-state index contributed by atoms with van der Waals surface area (Å²) in [6, 6.07) is 14.6. The van der Waals surface area contributed by atoms with Crippen LogP contribution in [0.2, 0.25) is 0 Å². The molecule has 0 aliphatic heterocycles. The number of halogens is 1. The Labute approximate surface area is 144 Å². The number of rotatable bonds is 6. The molecule has 0 bridgehead atoms. The van der Waals surface area contributed by atoms with Crippen molar-refractivity contribution in [2.24, 2.45) is 0 Å². The number of hydrogen-bond acceptors (Lipinski definition) is 3. The molecule has 2 aromatic rings. The first-order chi connectivity index (χ1) is 11.0. The van der Waals surface area contributed by atoms with Crippen molar-refractivity contribution >= 4 is 27.6 Å². The summed E-state index contributed by atoms with van der Waals surface area (Å²) in [4.78, 5) is 24.9. The number of carbonyl (C=O) groups excluding carboxylic acids is 2. The lowest BCUT2D eigenvalue weighted by Gasteiger charge is -2.17. The molecule has 120 valence electrons. The van der Waals surface area contributed by atoms with Crippen LogP contribution in [0.15, 0.2) is 53.0 Å². The second-order valence-electron chi connectivity index (χ2n) is 5.25. The molecule has 0 radical (unpaired) electrons. The topological polar surface area (TPSA) is 46.6 Å². The highest BCUT2D eigenvalue weighted by molar-refractivity contribution is 9.10. The van der Waals surface area contributed by atoms with E-state index in [0.29, 0.717) is 17.9 Å². The smallest absolute Gasteiger partial charge is 0.260 e. The van der Waals surface area contributed by atoms with Crippen molar-refractivity contribution in [1.82, 2.24) is 4.90 Å². The third kappa shape index (κ3) is 5.21. The van der Waals surface area contributed by atoms with Crippen LogP contribution in [0.25, 0.3) is 0 Å². The number of amides is 1. The molecular weight excluding hydrogens is 358 g/mol. The average molecular weight is 376 g/mol. The van der Waals surface area contributed by atoms with E-state index in [1.807, 2.05) is 24.3 Å². The molecule has 0 aromatic heterocycles.